The van der Waals surface area contributed by atoms with Crippen molar-refractivity contribution < 1.29 is 5.11 Å². The van der Waals surface area contributed by atoms with Gasteiger partial charge in [-0.15, -0.1) is 6.58 Å². The molecule has 0 heterocycles. The minimum Gasteiger partial charge on any atom is -0.392 e. The van der Waals surface area contributed by atoms with Gasteiger partial charge in [-0.3, -0.25) is 0 Å². The lowest BCUT2D eigenvalue weighted by Gasteiger charge is -2.17. The quantitative estimate of drug-likeness (QED) is 0.527. The van der Waals surface area contributed by atoms with Gasteiger partial charge in [0.2, 0.25) is 0 Å². The first-order chi connectivity index (χ1) is 5.20. The van der Waals surface area contributed by atoms with Crippen molar-refractivity contribution >= 4 is 0 Å². The Hall–Kier alpha value is -0.380. The van der Waals surface area contributed by atoms with Crippen molar-refractivity contribution in [3.05, 3.63) is 12.7 Å². The summed E-state index contributed by atoms with van der Waals surface area (Å²) < 4.78 is 0. The standard InChI is InChI=1S/C8H18N2O/c1-3-6-10(2)7-8(11)4-5-9/h3,8,11H,1,4-7,9H2,2H3. The Labute approximate surface area is 68.5 Å². The molecule has 0 amide bonds. The van der Waals surface area contributed by atoms with Crippen LogP contribution < -0.4 is 5.73 Å². The van der Waals surface area contributed by atoms with Gasteiger partial charge in [0, 0.05) is 13.1 Å². The highest BCUT2D eigenvalue weighted by Crippen LogP contribution is 1.92. The fourth-order valence-electron chi connectivity index (χ4n) is 0.938. The number of aliphatic hydroxyl groups excluding tert-OH is 1. The Kier molecular flexibility index (Phi) is 6.12. The molecule has 0 bridgehead atoms. The minimum absolute atomic E-state index is 0.301. The summed E-state index contributed by atoms with van der Waals surface area (Å²) in [7, 11) is 1.95. The van der Waals surface area contributed by atoms with Crippen LogP contribution in [0.25, 0.3) is 0 Å². The van der Waals surface area contributed by atoms with E-state index in [0.29, 0.717) is 19.5 Å². The molecule has 1 atom stereocenters. The molecule has 0 saturated carbocycles. The zero-order valence-electron chi connectivity index (χ0n) is 7.16. The van der Waals surface area contributed by atoms with E-state index in [1.807, 2.05) is 18.0 Å². The lowest BCUT2D eigenvalue weighted by atomic mass is 10.2. The van der Waals surface area contributed by atoms with Crippen LogP contribution in [0.15, 0.2) is 12.7 Å². The molecule has 0 aliphatic carbocycles. The van der Waals surface area contributed by atoms with Crippen molar-refractivity contribution in [1.82, 2.24) is 4.90 Å². The lowest BCUT2D eigenvalue weighted by Crippen LogP contribution is -2.30. The largest absolute Gasteiger partial charge is 0.392 e. The molecule has 1 unspecified atom stereocenters. The Bertz CT molecular complexity index is 106. The van der Waals surface area contributed by atoms with E-state index in [4.69, 9.17) is 5.73 Å². The van der Waals surface area contributed by atoms with E-state index in [1.165, 1.54) is 0 Å². The fraction of sp³-hybridized carbons (Fsp3) is 0.750. The second-order valence-corrected chi connectivity index (χ2v) is 2.74. The summed E-state index contributed by atoms with van der Waals surface area (Å²) in [5.74, 6) is 0. The molecule has 0 aromatic carbocycles. The maximum absolute atomic E-state index is 9.29. The molecule has 0 saturated heterocycles. The third-order valence-electron chi connectivity index (χ3n) is 1.46. The first-order valence-electron chi connectivity index (χ1n) is 3.88. The number of hydrogen-bond donors (Lipinski definition) is 2. The Morgan fingerprint density at radius 1 is 1.73 bits per heavy atom. The summed E-state index contributed by atoms with van der Waals surface area (Å²) >= 11 is 0. The van der Waals surface area contributed by atoms with Gasteiger partial charge in [0.25, 0.3) is 0 Å². The number of nitrogens with zero attached hydrogens (tertiary/aromatic N) is 1. The average Bonchev–Trinajstić information content (AvgIpc) is 1.87. The molecule has 0 spiro atoms. The number of rotatable bonds is 6. The summed E-state index contributed by atoms with van der Waals surface area (Å²) in [5, 5.41) is 9.29. The smallest absolute Gasteiger partial charge is 0.0679 e. The van der Waals surface area contributed by atoms with Crippen molar-refractivity contribution in [2.24, 2.45) is 5.73 Å². The highest BCUT2D eigenvalue weighted by Gasteiger charge is 2.04. The van der Waals surface area contributed by atoms with Gasteiger partial charge < -0.3 is 15.7 Å². The molecular weight excluding hydrogens is 140 g/mol. The van der Waals surface area contributed by atoms with E-state index in [1.54, 1.807) is 0 Å². The molecule has 0 aliphatic heterocycles. The Balaban J connectivity index is 3.39. The van der Waals surface area contributed by atoms with Crippen LogP contribution in [-0.2, 0) is 0 Å². The predicted molar refractivity (Wildman–Crippen MR) is 47.4 cm³/mol. The molecule has 3 N–H and O–H groups in total. The molecule has 0 radical (unpaired) electrons. The predicted octanol–water partition coefficient (Wildman–Crippen LogP) is -0.186. The van der Waals surface area contributed by atoms with Crippen LogP contribution in [0.2, 0.25) is 0 Å². The summed E-state index contributed by atoms with van der Waals surface area (Å²) in [6, 6.07) is 0. The molecule has 0 aromatic heterocycles. The molecule has 11 heavy (non-hydrogen) atoms. The van der Waals surface area contributed by atoms with Crippen LogP contribution in [0.3, 0.4) is 0 Å². The maximum Gasteiger partial charge on any atom is 0.0679 e. The van der Waals surface area contributed by atoms with E-state index in [9.17, 15) is 5.11 Å². The zero-order chi connectivity index (χ0) is 8.69. The van der Waals surface area contributed by atoms with Gasteiger partial charge in [0.15, 0.2) is 0 Å². The monoisotopic (exact) mass is 158 g/mol. The van der Waals surface area contributed by atoms with Crippen LogP contribution in [-0.4, -0.2) is 42.8 Å². The Morgan fingerprint density at radius 2 is 2.36 bits per heavy atom. The van der Waals surface area contributed by atoms with Gasteiger partial charge in [0.1, 0.15) is 0 Å². The average molecular weight is 158 g/mol. The molecular formula is C8H18N2O. The first-order valence-corrected chi connectivity index (χ1v) is 3.88. The molecule has 3 nitrogen and oxygen atoms in total. The molecule has 0 aromatic rings. The fourth-order valence-corrected chi connectivity index (χ4v) is 0.938. The molecule has 0 fully saturated rings. The van der Waals surface area contributed by atoms with E-state index in [0.717, 1.165) is 6.54 Å². The first kappa shape index (κ1) is 10.6. The van der Waals surface area contributed by atoms with Crippen molar-refractivity contribution in [2.75, 3.05) is 26.7 Å². The van der Waals surface area contributed by atoms with Gasteiger partial charge >= 0.3 is 0 Å². The summed E-state index contributed by atoms with van der Waals surface area (Å²) in [5.41, 5.74) is 5.28. The van der Waals surface area contributed by atoms with Crippen LogP contribution in [0.5, 0.6) is 0 Å². The zero-order valence-corrected chi connectivity index (χ0v) is 7.16. The van der Waals surface area contributed by atoms with Gasteiger partial charge in [-0.1, -0.05) is 6.08 Å². The molecule has 3 heteroatoms. The van der Waals surface area contributed by atoms with Crippen LogP contribution in [0, 0.1) is 0 Å². The van der Waals surface area contributed by atoms with E-state index in [2.05, 4.69) is 6.58 Å². The topological polar surface area (TPSA) is 49.5 Å². The highest BCUT2D eigenvalue weighted by molar-refractivity contribution is 4.72. The van der Waals surface area contributed by atoms with Gasteiger partial charge in [-0.25, -0.2) is 0 Å². The molecule has 0 rings (SSSR count). The van der Waals surface area contributed by atoms with Gasteiger partial charge in [-0.2, -0.15) is 0 Å². The van der Waals surface area contributed by atoms with E-state index in [-0.39, 0.29) is 6.10 Å². The van der Waals surface area contributed by atoms with Crippen LogP contribution >= 0.6 is 0 Å². The van der Waals surface area contributed by atoms with Crippen molar-refractivity contribution in [2.45, 2.75) is 12.5 Å². The third kappa shape index (κ3) is 6.04. The molecule has 0 aliphatic rings. The highest BCUT2D eigenvalue weighted by atomic mass is 16.3. The number of likely N-dealkylation sites (N-methyl/N-ethyl adjacent to an activating group) is 1. The minimum atomic E-state index is -0.301. The van der Waals surface area contributed by atoms with E-state index >= 15 is 0 Å². The van der Waals surface area contributed by atoms with Crippen molar-refractivity contribution in [3.8, 4) is 0 Å². The Morgan fingerprint density at radius 3 is 2.82 bits per heavy atom. The van der Waals surface area contributed by atoms with Gasteiger partial charge in [0.05, 0.1) is 6.10 Å². The number of hydrogen-bond acceptors (Lipinski definition) is 3. The van der Waals surface area contributed by atoms with Gasteiger partial charge in [-0.05, 0) is 20.0 Å². The molecule has 66 valence electrons. The maximum atomic E-state index is 9.29. The van der Waals surface area contributed by atoms with Crippen molar-refractivity contribution in [3.63, 3.8) is 0 Å². The summed E-state index contributed by atoms with van der Waals surface area (Å²) in [4.78, 5) is 2.01. The van der Waals surface area contributed by atoms with Crippen molar-refractivity contribution in [1.29, 1.82) is 0 Å². The van der Waals surface area contributed by atoms with E-state index < -0.39 is 0 Å². The second kappa shape index (κ2) is 6.34. The summed E-state index contributed by atoms with van der Waals surface area (Å²) in [6.45, 7) is 5.63. The lowest BCUT2D eigenvalue weighted by molar-refractivity contribution is 0.125. The van der Waals surface area contributed by atoms with Crippen LogP contribution in [0.4, 0.5) is 0 Å². The van der Waals surface area contributed by atoms with Crippen LogP contribution in [0.1, 0.15) is 6.42 Å². The second-order valence-electron chi connectivity index (χ2n) is 2.74. The summed E-state index contributed by atoms with van der Waals surface area (Å²) in [6.07, 6.45) is 2.18. The number of aliphatic hydroxyl groups is 1. The SMILES string of the molecule is C=CCN(C)CC(O)CCN. The number of nitrogens with two attached hydrogens (primary N) is 1. The normalized spacial score (nSPS) is 13.5. The third-order valence-corrected chi connectivity index (χ3v) is 1.46.